The van der Waals surface area contributed by atoms with Crippen LogP contribution in [0.25, 0.3) is 5.70 Å². The molecule has 0 saturated carbocycles. The molecule has 27 heavy (non-hydrogen) atoms. The van der Waals surface area contributed by atoms with E-state index in [1.807, 2.05) is 42.5 Å². The minimum absolute atomic E-state index is 0. The molecule has 134 valence electrons. The second-order valence-corrected chi connectivity index (χ2v) is 6.76. The molecule has 0 spiro atoms. The number of nitrogens with zero attached hydrogens (tertiary/aromatic N) is 1. The monoisotopic (exact) mass is 532 g/mol. The predicted octanol–water partition coefficient (Wildman–Crippen LogP) is 1.10. The van der Waals surface area contributed by atoms with Crippen molar-refractivity contribution in [3.8, 4) is 0 Å². The highest BCUT2D eigenvalue weighted by Crippen LogP contribution is 2.27. The molecule has 1 aliphatic carbocycles. The molecule has 0 aliphatic heterocycles. The van der Waals surface area contributed by atoms with Crippen molar-refractivity contribution in [2.75, 3.05) is 5.32 Å². The maximum absolute atomic E-state index is 13.1. The maximum Gasteiger partial charge on any atom is 0.286 e. The van der Waals surface area contributed by atoms with Crippen molar-refractivity contribution >= 4 is 38.9 Å². The first kappa shape index (κ1) is 19.4. The molecule has 0 fully saturated rings. The van der Waals surface area contributed by atoms with Gasteiger partial charge in [0.2, 0.25) is 5.78 Å². The average molecular weight is 533 g/mol. The van der Waals surface area contributed by atoms with Crippen LogP contribution in [0, 0.1) is 0 Å². The molecule has 4 nitrogen and oxygen atoms in total. The van der Waals surface area contributed by atoms with E-state index in [0.717, 1.165) is 10.2 Å². The van der Waals surface area contributed by atoms with Crippen LogP contribution in [0.3, 0.4) is 0 Å². The van der Waals surface area contributed by atoms with Crippen molar-refractivity contribution in [2.24, 2.45) is 0 Å². The fourth-order valence-corrected chi connectivity index (χ4v) is 3.21. The topological polar surface area (TPSA) is 50.1 Å². The number of nitrogens with one attached hydrogen (secondary N) is 1. The van der Waals surface area contributed by atoms with Crippen molar-refractivity contribution in [1.82, 2.24) is 0 Å². The van der Waals surface area contributed by atoms with E-state index in [9.17, 15) is 9.59 Å². The number of hydrogen-bond donors (Lipinski definition) is 1. The second kappa shape index (κ2) is 8.14. The highest BCUT2D eigenvalue weighted by molar-refractivity contribution is 9.10. The molecule has 0 radical (unpaired) electrons. The largest absolute Gasteiger partial charge is 1.00 e. The lowest BCUT2D eigenvalue weighted by atomic mass is 9.90. The van der Waals surface area contributed by atoms with E-state index in [0.29, 0.717) is 16.8 Å². The van der Waals surface area contributed by atoms with E-state index in [2.05, 4.69) is 21.2 Å². The SMILES string of the molecule is O=C1C(Nc2ccc(Br)cc2)=C([n+]2ccccc2)C(=O)c2ccccc21.[I-]. The number of pyridine rings is 1. The molecule has 6 heteroatoms. The third-order valence-electron chi connectivity index (χ3n) is 4.18. The highest BCUT2D eigenvalue weighted by Gasteiger charge is 2.38. The van der Waals surface area contributed by atoms with Gasteiger partial charge in [0, 0.05) is 33.4 Å². The Morgan fingerprint density at radius 3 is 1.96 bits per heavy atom. The number of carbonyl (C=O) groups is 2. The molecule has 1 heterocycles. The standard InChI is InChI=1S/C21H13BrN2O2.HI/c22-14-8-10-15(11-9-14)23-18-19(24-12-4-1-5-13-24)21(26)17-7-3-2-6-16(17)20(18)25;/h1-13H;1H. The van der Waals surface area contributed by atoms with Gasteiger partial charge in [-0.1, -0.05) is 46.3 Å². The molecule has 3 aromatic rings. The first-order valence-corrected chi connectivity index (χ1v) is 8.86. The fourth-order valence-electron chi connectivity index (χ4n) is 2.95. The molecule has 1 aromatic heterocycles. The normalized spacial score (nSPS) is 13.1. The number of anilines is 1. The number of Topliss-reactive ketones (excluding diaryl/α,β-unsaturated/α-hetero) is 2. The summed E-state index contributed by atoms with van der Waals surface area (Å²) in [4.78, 5) is 26.3. The van der Waals surface area contributed by atoms with Gasteiger partial charge in [-0.2, -0.15) is 4.57 Å². The summed E-state index contributed by atoms with van der Waals surface area (Å²) >= 11 is 3.40. The van der Waals surface area contributed by atoms with Gasteiger partial charge < -0.3 is 29.3 Å². The van der Waals surface area contributed by atoms with Crippen LogP contribution in [-0.4, -0.2) is 11.6 Å². The lowest BCUT2D eigenvalue weighted by Crippen LogP contribution is -3.00. The van der Waals surface area contributed by atoms with Gasteiger partial charge in [0.1, 0.15) is 0 Å². The van der Waals surface area contributed by atoms with Gasteiger partial charge in [0.15, 0.2) is 18.1 Å². The predicted molar refractivity (Wildman–Crippen MR) is 103 cm³/mol. The summed E-state index contributed by atoms with van der Waals surface area (Å²) in [5, 5.41) is 3.15. The number of halogens is 2. The van der Waals surface area contributed by atoms with Crippen LogP contribution in [0.4, 0.5) is 5.69 Å². The van der Waals surface area contributed by atoms with Gasteiger partial charge in [-0.3, -0.25) is 9.59 Å². The smallest absolute Gasteiger partial charge is 0.286 e. The third-order valence-corrected chi connectivity index (χ3v) is 4.71. The Balaban J connectivity index is 0.00000210. The molecule has 0 bridgehead atoms. The Morgan fingerprint density at radius 2 is 1.33 bits per heavy atom. The molecular formula is C21H14BrIN2O2. The molecule has 0 atom stereocenters. The minimum Gasteiger partial charge on any atom is -1.00 e. The molecule has 0 saturated heterocycles. The number of allylic oxidation sites excluding steroid dienone is 2. The van der Waals surface area contributed by atoms with Crippen molar-refractivity contribution in [3.05, 3.63) is 100 Å². The zero-order chi connectivity index (χ0) is 18.1. The van der Waals surface area contributed by atoms with Crippen molar-refractivity contribution < 1.29 is 38.1 Å². The number of rotatable bonds is 3. The number of aromatic nitrogens is 1. The number of benzene rings is 2. The highest BCUT2D eigenvalue weighted by atomic mass is 127. The molecule has 2 aromatic carbocycles. The zero-order valence-electron chi connectivity index (χ0n) is 14.0. The molecule has 1 N–H and O–H groups in total. The second-order valence-electron chi connectivity index (χ2n) is 5.84. The molecule has 0 unspecified atom stereocenters. The van der Waals surface area contributed by atoms with E-state index in [1.54, 1.807) is 41.2 Å². The first-order valence-electron chi connectivity index (χ1n) is 8.07. The molecular weight excluding hydrogens is 519 g/mol. The summed E-state index contributed by atoms with van der Waals surface area (Å²) in [5.74, 6) is -0.384. The van der Waals surface area contributed by atoms with E-state index < -0.39 is 0 Å². The summed E-state index contributed by atoms with van der Waals surface area (Å²) in [7, 11) is 0. The number of ketones is 2. The van der Waals surface area contributed by atoms with Gasteiger partial charge in [0.05, 0.1) is 0 Å². The van der Waals surface area contributed by atoms with Gasteiger partial charge in [-0.15, -0.1) is 0 Å². The van der Waals surface area contributed by atoms with Gasteiger partial charge in [-0.25, -0.2) is 0 Å². The Kier molecular flexibility index (Phi) is 5.86. The third kappa shape index (κ3) is 3.72. The molecule has 4 rings (SSSR count). The van der Waals surface area contributed by atoms with Crippen LogP contribution in [0.5, 0.6) is 0 Å². The Morgan fingerprint density at radius 1 is 0.741 bits per heavy atom. The van der Waals surface area contributed by atoms with Gasteiger partial charge >= 0.3 is 0 Å². The van der Waals surface area contributed by atoms with Crippen LogP contribution in [0.2, 0.25) is 0 Å². The number of carbonyl (C=O) groups excluding carboxylic acids is 2. The van der Waals surface area contributed by atoms with Crippen LogP contribution in [0.15, 0.2) is 89.3 Å². The Labute approximate surface area is 182 Å². The minimum atomic E-state index is -0.200. The van der Waals surface area contributed by atoms with Crippen LogP contribution < -0.4 is 33.9 Å². The zero-order valence-corrected chi connectivity index (χ0v) is 17.8. The lowest BCUT2D eigenvalue weighted by Gasteiger charge is -2.18. The first-order chi connectivity index (χ1) is 12.6. The van der Waals surface area contributed by atoms with Gasteiger partial charge in [0.25, 0.3) is 11.5 Å². The number of hydrogen-bond acceptors (Lipinski definition) is 3. The summed E-state index contributed by atoms with van der Waals surface area (Å²) in [6.45, 7) is 0. The Hall–Kier alpha value is -2.32. The van der Waals surface area contributed by atoms with Crippen molar-refractivity contribution in [2.45, 2.75) is 0 Å². The van der Waals surface area contributed by atoms with E-state index in [-0.39, 0.29) is 41.2 Å². The molecule has 0 amide bonds. The van der Waals surface area contributed by atoms with Crippen LogP contribution >= 0.6 is 15.9 Å². The van der Waals surface area contributed by atoms with Crippen LogP contribution in [-0.2, 0) is 0 Å². The maximum atomic E-state index is 13.1. The summed E-state index contributed by atoms with van der Waals surface area (Å²) in [5.41, 5.74) is 2.16. The lowest BCUT2D eigenvalue weighted by molar-refractivity contribution is -0.577. The van der Waals surface area contributed by atoms with Crippen molar-refractivity contribution in [3.63, 3.8) is 0 Å². The summed E-state index contributed by atoms with van der Waals surface area (Å²) in [6.07, 6.45) is 3.52. The van der Waals surface area contributed by atoms with E-state index >= 15 is 0 Å². The van der Waals surface area contributed by atoms with Gasteiger partial charge in [-0.05, 0) is 24.3 Å². The van der Waals surface area contributed by atoms with Crippen LogP contribution in [0.1, 0.15) is 20.7 Å². The Bertz CT molecular complexity index is 1050. The molecule has 1 aliphatic rings. The number of fused-ring (bicyclic) bond motifs is 1. The van der Waals surface area contributed by atoms with E-state index in [1.165, 1.54) is 0 Å². The quantitative estimate of drug-likeness (QED) is 0.406. The van der Waals surface area contributed by atoms with E-state index in [4.69, 9.17) is 0 Å². The fraction of sp³-hybridized carbons (Fsp3) is 0. The van der Waals surface area contributed by atoms with Crippen molar-refractivity contribution in [1.29, 1.82) is 0 Å². The summed E-state index contributed by atoms with van der Waals surface area (Å²) < 4.78 is 2.61. The average Bonchev–Trinajstić information content (AvgIpc) is 2.68. The summed E-state index contributed by atoms with van der Waals surface area (Å²) in [6, 6.07) is 19.9.